The van der Waals surface area contributed by atoms with Crippen molar-refractivity contribution in [3.63, 3.8) is 0 Å². The average molecular weight is 562 g/mol. The van der Waals surface area contributed by atoms with Crippen LogP contribution in [0.25, 0.3) is 27.8 Å². The minimum atomic E-state index is -0.0546. The van der Waals surface area contributed by atoms with Crippen LogP contribution in [0, 0.1) is 0 Å². The molecule has 1 aliphatic carbocycles. The van der Waals surface area contributed by atoms with Crippen molar-refractivity contribution in [2.45, 2.75) is 53.4 Å². The molecule has 0 N–H and O–H groups in total. The van der Waals surface area contributed by atoms with Crippen molar-refractivity contribution in [3.8, 4) is 22.3 Å². The van der Waals surface area contributed by atoms with Gasteiger partial charge in [-0.2, -0.15) is 0 Å². The van der Waals surface area contributed by atoms with E-state index in [2.05, 4.69) is 172 Å². The highest BCUT2D eigenvalue weighted by molar-refractivity contribution is 5.95. The Hall–Kier alpha value is -4.62. The molecule has 0 unspecified atom stereocenters. The number of fused-ring (bicyclic) bond motifs is 3. The summed E-state index contributed by atoms with van der Waals surface area (Å²) in [4.78, 5) is 2.43. The lowest BCUT2D eigenvalue weighted by molar-refractivity contribution is 0.660. The summed E-state index contributed by atoms with van der Waals surface area (Å²) in [5.74, 6) is 0. The van der Waals surface area contributed by atoms with Crippen molar-refractivity contribution in [3.05, 3.63) is 156 Å². The molecule has 1 aliphatic rings. The van der Waals surface area contributed by atoms with Gasteiger partial charge in [0.05, 0.1) is 5.69 Å². The molecule has 0 saturated heterocycles. The van der Waals surface area contributed by atoms with Gasteiger partial charge in [0.25, 0.3) is 0 Å². The second-order valence-electron chi connectivity index (χ2n) is 11.2. The molecule has 0 aromatic heterocycles. The third-order valence-electron chi connectivity index (χ3n) is 8.29. The van der Waals surface area contributed by atoms with Gasteiger partial charge >= 0.3 is 0 Å². The third kappa shape index (κ3) is 5.73. The monoisotopic (exact) mass is 561 g/mol. The minimum Gasteiger partial charge on any atom is -0.310 e. The first-order valence-electron chi connectivity index (χ1n) is 15.6. The van der Waals surface area contributed by atoms with Gasteiger partial charge in [0.15, 0.2) is 0 Å². The van der Waals surface area contributed by atoms with E-state index in [1.807, 2.05) is 13.8 Å². The number of hydrogen-bond donors (Lipinski definition) is 0. The Balaban J connectivity index is 0.00000180. The lowest BCUT2D eigenvalue weighted by atomic mass is 9.82. The highest BCUT2D eigenvalue weighted by Gasteiger charge is 2.37. The van der Waals surface area contributed by atoms with E-state index in [0.29, 0.717) is 0 Å². The minimum absolute atomic E-state index is 0.0546. The molecule has 216 valence electrons. The van der Waals surface area contributed by atoms with Crippen LogP contribution in [-0.4, -0.2) is 0 Å². The van der Waals surface area contributed by atoms with Gasteiger partial charge in [-0.3, -0.25) is 0 Å². The van der Waals surface area contributed by atoms with Crippen LogP contribution in [0.5, 0.6) is 0 Å². The molecule has 6 rings (SSSR count). The topological polar surface area (TPSA) is 3.24 Å². The first kappa shape index (κ1) is 29.9. The molecule has 0 spiro atoms. The Bertz CT molecular complexity index is 1720. The van der Waals surface area contributed by atoms with Gasteiger partial charge in [-0.05, 0) is 82.6 Å². The zero-order chi connectivity index (χ0) is 30.4. The molecule has 0 radical (unpaired) electrons. The summed E-state index contributed by atoms with van der Waals surface area (Å²) in [6.45, 7) is 13.0. The van der Waals surface area contributed by atoms with E-state index in [4.69, 9.17) is 0 Å². The number of hydrogen-bond acceptors (Lipinski definition) is 1. The molecule has 1 nitrogen and oxygen atoms in total. The van der Waals surface area contributed by atoms with Crippen LogP contribution in [0.3, 0.4) is 0 Å². The van der Waals surface area contributed by atoms with Gasteiger partial charge in [-0.15, -0.1) is 0 Å². The Morgan fingerprint density at radius 3 is 1.88 bits per heavy atom. The van der Waals surface area contributed by atoms with E-state index in [0.717, 1.165) is 17.8 Å². The van der Waals surface area contributed by atoms with Gasteiger partial charge in [0.2, 0.25) is 0 Å². The average Bonchev–Trinajstić information content (AvgIpc) is 3.30. The fraction of sp³-hybridized carbons (Fsp3) is 0.190. The smallest absolute Gasteiger partial charge is 0.0543 e. The van der Waals surface area contributed by atoms with Crippen molar-refractivity contribution >= 4 is 22.6 Å². The molecule has 0 amide bonds. The molecule has 43 heavy (non-hydrogen) atoms. The van der Waals surface area contributed by atoms with Crippen LogP contribution in [0.1, 0.15) is 64.7 Å². The molecular weight excluding hydrogens is 518 g/mol. The molecule has 0 fully saturated rings. The molecule has 5 aromatic rings. The van der Waals surface area contributed by atoms with E-state index < -0.39 is 0 Å². The van der Waals surface area contributed by atoms with Crippen LogP contribution in [-0.2, 0) is 5.41 Å². The molecule has 0 saturated carbocycles. The van der Waals surface area contributed by atoms with Gasteiger partial charge in [-0.25, -0.2) is 0 Å². The van der Waals surface area contributed by atoms with Gasteiger partial charge in [0, 0.05) is 22.4 Å². The van der Waals surface area contributed by atoms with E-state index in [1.54, 1.807) is 0 Å². The van der Waals surface area contributed by atoms with Crippen molar-refractivity contribution in [1.82, 2.24) is 0 Å². The lowest BCUT2D eigenvalue weighted by Crippen LogP contribution is -2.16. The summed E-state index contributed by atoms with van der Waals surface area (Å²) in [7, 11) is 0. The van der Waals surface area contributed by atoms with E-state index >= 15 is 0 Å². The maximum absolute atomic E-state index is 2.43. The molecule has 5 aromatic carbocycles. The quantitative estimate of drug-likeness (QED) is 0.179. The van der Waals surface area contributed by atoms with Crippen LogP contribution < -0.4 is 4.90 Å². The number of anilines is 3. The fourth-order valence-electron chi connectivity index (χ4n) is 6.27. The predicted molar refractivity (Wildman–Crippen MR) is 189 cm³/mol. The summed E-state index contributed by atoms with van der Waals surface area (Å²) >= 11 is 0. The second kappa shape index (κ2) is 13.1. The van der Waals surface area contributed by atoms with Crippen molar-refractivity contribution < 1.29 is 0 Å². The first-order chi connectivity index (χ1) is 21.0. The SMILES string of the molecule is C/C=C\C(=C/CC)c1ccc(N(c2ccc(-c3ccccc3)cc2)c2cccc3c2-c2ccccc2C3(C)C)cc1.CC. The highest BCUT2D eigenvalue weighted by Crippen LogP contribution is 2.54. The summed E-state index contributed by atoms with van der Waals surface area (Å²) in [6, 6.07) is 44.3. The zero-order valence-corrected chi connectivity index (χ0v) is 26.4. The Kier molecular flexibility index (Phi) is 9.12. The standard InChI is InChI=1S/C40H37N.C2H6/c1-5-13-29(14-6-2)31-21-25-33(26-22-31)41(34-27-23-32(24-28-34)30-15-8-7-9-16-30)38-20-12-19-37-39(38)35-17-10-11-18-36(35)40(37,3)4;1-2/h5,7-28H,6H2,1-4H3;1-2H3/b13-5-,29-14+;. The Labute approximate surface area is 258 Å². The summed E-state index contributed by atoms with van der Waals surface area (Å²) in [5.41, 5.74) is 13.8. The second-order valence-corrected chi connectivity index (χ2v) is 11.2. The summed E-state index contributed by atoms with van der Waals surface area (Å²) < 4.78 is 0. The maximum atomic E-state index is 2.43. The normalized spacial score (nSPS) is 13.2. The largest absolute Gasteiger partial charge is 0.310 e. The van der Waals surface area contributed by atoms with Crippen molar-refractivity contribution in [2.24, 2.45) is 0 Å². The number of benzene rings is 5. The zero-order valence-electron chi connectivity index (χ0n) is 26.4. The van der Waals surface area contributed by atoms with Crippen LogP contribution in [0.15, 0.2) is 140 Å². The fourth-order valence-corrected chi connectivity index (χ4v) is 6.27. The Morgan fingerprint density at radius 2 is 1.23 bits per heavy atom. The maximum Gasteiger partial charge on any atom is 0.0543 e. The van der Waals surface area contributed by atoms with Crippen molar-refractivity contribution in [2.75, 3.05) is 4.90 Å². The summed E-state index contributed by atoms with van der Waals surface area (Å²) in [5, 5.41) is 0. The van der Waals surface area contributed by atoms with Crippen LogP contribution in [0.2, 0.25) is 0 Å². The molecule has 1 heteroatoms. The highest BCUT2D eigenvalue weighted by atomic mass is 15.1. The Morgan fingerprint density at radius 1 is 0.651 bits per heavy atom. The van der Waals surface area contributed by atoms with Crippen LogP contribution >= 0.6 is 0 Å². The molecule has 0 bridgehead atoms. The molecule has 0 aliphatic heterocycles. The van der Waals surface area contributed by atoms with E-state index in [-0.39, 0.29) is 5.41 Å². The lowest BCUT2D eigenvalue weighted by Gasteiger charge is -2.29. The predicted octanol–water partition coefficient (Wildman–Crippen LogP) is 12.5. The van der Waals surface area contributed by atoms with E-state index in [9.17, 15) is 0 Å². The number of nitrogens with zero attached hydrogens (tertiary/aromatic N) is 1. The van der Waals surface area contributed by atoms with E-state index in [1.165, 1.54) is 50.2 Å². The third-order valence-corrected chi connectivity index (χ3v) is 8.29. The number of allylic oxidation sites excluding steroid dienone is 4. The van der Waals surface area contributed by atoms with Gasteiger partial charge < -0.3 is 4.90 Å². The molecule has 0 heterocycles. The van der Waals surface area contributed by atoms with Crippen LogP contribution in [0.4, 0.5) is 17.1 Å². The molecule has 0 atom stereocenters. The molecular formula is C42H43N. The van der Waals surface area contributed by atoms with Gasteiger partial charge in [-0.1, -0.05) is 144 Å². The van der Waals surface area contributed by atoms with Crippen molar-refractivity contribution in [1.29, 1.82) is 0 Å². The summed E-state index contributed by atoms with van der Waals surface area (Å²) in [6.07, 6.45) is 7.61. The van der Waals surface area contributed by atoms with Gasteiger partial charge in [0.1, 0.15) is 0 Å². The number of rotatable bonds is 7. The first-order valence-corrected chi connectivity index (χ1v) is 15.6.